The van der Waals surface area contributed by atoms with E-state index in [2.05, 4.69) is 21.4 Å². The molecule has 2 unspecified atom stereocenters. The molecule has 2 saturated heterocycles. The number of halogens is 2. The third-order valence-corrected chi connectivity index (χ3v) is 6.05. The number of nitrogens with one attached hydrogen (secondary N) is 1. The summed E-state index contributed by atoms with van der Waals surface area (Å²) < 4.78 is 5.60. The average Bonchev–Trinajstić information content (AvgIpc) is 3.22. The summed E-state index contributed by atoms with van der Waals surface area (Å²) in [5.74, 6) is 2.16. The van der Waals surface area contributed by atoms with E-state index >= 15 is 0 Å². The number of fused-ring (bicyclic) bond motifs is 1. The van der Waals surface area contributed by atoms with Crippen LogP contribution in [-0.4, -0.2) is 47.9 Å². The van der Waals surface area contributed by atoms with Crippen LogP contribution < -0.4 is 5.32 Å². The lowest BCUT2D eigenvalue weighted by Gasteiger charge is -2.25. The van der Waals surface area contributed by atoms with Crippen molar-refractivity contribution in [1.29, 1.82) is 0 Å². The molecule has 0 radical (unpaired) electrons. The molecule has 138 valence electrons. The zero-order chi connectivity index (χ0) is 15.0. The van der Waals surface area contributed by atoms with E-state index in [4.69, 9.17) is 4.52 Å². The second-order valence-electron chi connectivity index (χ2n) is 7.57. The van der Waals surface area contributed by atoms with Crippen molar-refractivity contribution in [3.8, 4) is 0 Å². The van der Waals surface area contributed by atoms with Crippen molar-refractivity contribution in [2.24, 2.45) is 11.3 Å². The highest BCUT2D eigenvalue weighted by molar-refractivity contribution is 5.85. The fourth-order valence-electron chi connectivity index (χ4n) is 4.69. The summed E-state index contributed by atoms with van der Waals surface area (Å²) in [5.41, 5.74) is 1.22. The van der Waals surface area contributed by atoms with Gasteiger partial charge in [-0.05, 0) is 25.3 Å². The Balaban J connectivity index is 0.00000104. The number of hydrogen-bond donors (Lipinski definition) is 2. The summed E-state index contributed by atoms with van der Waals surface area (Å²) in [6.07, 6.45) is 6.54. The van der Waals surface area contributed by atoms with E-state index in [0.717, 1.165) is 44.2 Å². The lowest BCUT2D eigenvalue weighted by Crippen LogP contribution is -2.35. The molecule has 3 aliphatic rings. The van der Waals surface area contributed by atoms with Gasteiger partial charge in [-0.3, -0.25) is 4.90 Å². The Morgan fingerprint density at radius 1 is 1.29 bits per heavy atom. The van der Waals surface area contributed by atoms with E-state index in [0.29, 0.717) is 11.8 Å². The van der Waals surface area contributed by atoms with Crippen LogP contribution >= 0.6 is 24.8 Å². The Morgan fingerprint density at radius 2 is 2.08 bits per heavy atom. The third kappa shape index (κ3) is 3.75. The molecule has 1 aromatic heterocycles. The van der Waals surface area contributed by atoms with Gasteiger partial charge in [0.2, 0.25) is 0 Å². The van der Waals surface area contributed by atoms with Crippen LogP contribution in [0.25, 0.3) is 0 Å². The van der Waals surface area contributed by atoms with Gasteiger partial charge in [0.15, 0.2) is 5.76 Å². The standard InChI is InChI=1S/C17H27N3O2.2ClH/c21-12-17-10-18-7-14(17)8-20(11-17)9-15-6-16(19-22-15)13-4-2-1-3-5-13;;/h6,13-14,18,21H,1-5,7-12H2;2*1H. The highest BCUT2D eigenvalue weighted by atomic mass is 35.5. The summed E-state index contributed by atoms with van der Waals surface area (Å²) in [6.45, 7) is 5.09. The first kappa shape index (κ1) is 20.0. The lowest BCUT2D eigenvalue weighted by molar-refractivity contribution is 0.122. The molecular weight excluding hydrogens is 349 g/mol. The van der Waals surface area contributed by atoms with Crippen molar-refractivity contribution in [3.63, 3.8) is 0 Å². The zero-order valence-corrected chi connectivity index (χ0v) is 15.7. The Bertz CT molecular complexity index is 522. The number of aromatic nitrogens is 1. The van der Waals surface area contributed by atoms with Crippen molar-refractivity contribution in [3.05, 3.63) is 17.5 Å². The average molecular weight is 378 g/mol. The van der Waals surface area contributed by atoms with Crippen LogP contribution in [0.3, 0.4) is 0 Å². The lowest BCUT2D eigenvalue weighted by atomic mass is 9.82. The molecule has 2 N–H and O–H groups in total. The van der Waals surface area contributed by atoms with Gasteiger partial charge >= 0.3 is 0 Å². The van der Waals surface area contributed by atoms with Gasteiger partial charge in [-0.15, -0.1) is 24.8 Å². The molecule has 2 atom stereocenters. The summed E-state index contributed by atoms with van der Waals surface area (Å²) >= 11 is 0. The van der Waals surface area contributed by atoms with Gasteiger partial charge in [0.1, 0.15) is 0 Å². The van der Waals surface area contributed by atoms with Gasteiger partial charge in [0.25, 0.3) is 0 Å². The second kappa shape index (κ2) is 8.37. The fourth-order valence-corrected chi connectivity index (χ4v) is 4.69. The minimum absolute atomic E-state index is 0. The van der Waals surface area contributed by atoms with E-state index in [1.165, 1.54) is 32.1 Å². The molecule has 3 heterocycles. The first-order valence-corrected chi connectivity index (χ1v) is 8.78. The maximum absolute atomic E-state index is 9.78. The molecule has 0 spiro atoms. The molecule has 1 aliphatic carbocycles. The Labute approximate surface area is 156 Å². The maximum atomic E-state index is 9.78. The molecule has 4 rings (SSSR count). The molecule has 5 nitrogen and oxygen atoms in total. The Morgan fingerprint density at radius 3 is 2.79 bits per heavy atom. The van der Waals surface area contributed by atoms with Gasteiger partial charge in [-0.2, -0.15) is 0 Å². The highest BCUT2D eigenvalue weighted by Gasteiger charge is 2.49. The molecule has 0 amide bonds. The molecule has 3 fully saturated rings. The monoisotopic (exact) mass is 377 g/mol. The zero-order valence-electron chi connectivity index (χ0n) is 14.1. The predicted molar refractivity (Wildman–Crippen MR) is 98.0 cm³/mol. The van der Waals surface area contributed by atoms with Crippen LogP contribution in [0, 0.1) is 11.3 Å². The molecule has 1 aromatic rings. The SMILES string of the molecule is Cl.Cl.OCC12CNCC1CN(Cc1cc(C3CCCCC3)no1)C2. The van der Waals surface area contributed by atoms with Crippen LogP contribution in [0.5, 0.6) is 0 Å². The molecule has 24 heavy (non-hydrogen) atoms. The van der Waals surface area contributed by atoms with E-state index in [-0.39, 0.29) is 36.8 Å². The quantitative estimate of drug-likeness (QED) is 0.843. The number of hydrogen-bond acceptors (Lipinski definition) is 5. The summed E-state index contributed by atoms with van der Waals surface area (Å²) in [5, 5.41) is 17.5. The molecule has 0 aromatic carbocycles. The van der Waals surface area contributed by atoms with Gasteiger partial charge in [0.05, 0.1) is 18.8 Å². The molecule has 0 bridgehead atoms. The van der Waals surface area contributed by atoms with Crippen LogP contribution in [0.15, 0.2) is 10.6 Å². The molecule has 1 saturated carbocycles. The molecule has 7 heteroatoms. The molecule has 2 aliphatic heterocycles. The van der Waals surface area contributed by atoms with Crippen molar-refractivity contribution in [2.75, 3.05) is 32.8 Å². The predicted octanol–water partition coefficient (Wildman–Crippen LogP) is 2.58. The topological polar surface area (TPSA) is 61.5 Å². The first-order valence-electron chi connectivity index (χ1n) is 8.78. The van der Waals surface area contributed by atoms with Gasteiger partial charge in [-0.25, -0.2) is 0 Å². The van der Waals surface area contributed by atoms with Gasteiger partial charge in [0, 0.05) is 37.0 Å². The van der Waals surface area contributed by atoms with Crippen molar-refractivity contribution < 1.29 is 9.63 Å². The van der Waals surface area contributed by atoms with Crippen molar-refractivity contribution >= 4 is 24.8 Å². The Hall–Kier alpha value is -0.330. The number of nitrogens with zero attached hydrogens (tertiary/aromatic N) is 2. The highest BCUT2D eigenvalue weighted by Crippen LogP contribution is 2.39. The summed E-state index contributed by atoms with van der Waals surface area (Å²) in [6, 6.07) is 2.17. The fraction of sp³-hybridized carbons (Fsp3) is 0.824. The summed E-state index contributed by atoms with van der Waals surface area (Å²) in [7, 11) is 0. The van der Waals surface area contributed by atoms with Crippen LogP contribution in [0.4, 0.5) is 0 Å². The number of likely N-dealkylation sites (tertiary alicyclic amines) is 1. The van der Waals surface area contributed by atoms with Crippen molar-refractivity contribution in [2.45, 2.75) is 44.6 Å². The first-order chi connectivity index (χ1) is 10.8. The smallest absolute Gasteiger partial charge is 0.150 e. The number of aliphatic hydroxyl groups excluding tert-OH is 1. The third-order valence-electron chi connectivity index (χ3n) is 6.05. The van der Waals surface area contributed by atoms with Crippen LogP contribution in [0.1, 0.15) is 49.5 Å². The van der Waals surface area contributed by atoms with Crippen LogP contribution in [-0.2, 0) is 6.54 Å². The Kier molecular flexibility index (Phi) is 6.97. The number of aliphatic hydroxyl groups is 1. The van der Waals surface area contributed by atoms with Crippen molar-refractivity contribution in [1.82, 2.24) is 15.4 Å². The minimum Gasteiger partial charge on any atom is -0.396 e. The second-order valence-corrected chi connectivity index (χ2v) is 7.57. The van der Waals surface area contributed by atoms with Crippen LogP contribution in [0.2, 0.25) is 0 Å². The largest absolute Gasteiger partial charge is 0.396 e. The van der Waals surface area contributed by atoms with Gasteiger partial charge in [-0.1, -0.05) is 24.4 Å². The van der Waals surface area contributed by atoms with Gasteiger partial charge < -0.3 is 14.9 Å². The van der Waals surface area contributed by atoms with E-state index in [1.807, 2.05) is 0 Å². The minimum atomic E-state index is 0. The van der Waals surface area contributed by atoms with E-state index in [9.17, 15) is 5.11 Å². The summed E-state index contributed by atoms with van der Waals surface area (Å²) in [4.78, 5) is 2.42. The van der Waals surface area contributed by atoms with E-state index < -0.39 is 0 Å². The maximum Gasteiger partial charge on any atom is 0.150 e. The normalized spacial score (nSPS) is 30.6. The number of rotatable bonds is 4. The molecular formula is C17H29Cl2N3O2. The van der Waals surface area contributed by atoms with E-state index in [1.54, 1.807) is 0 Å².